The number of rotatable bonds is 6. The summed E-state index contributed by atoms with van der Waals surface area (Å²) in [6.45, 7) is 4.89. The van der Waals surface area contributed by atoms with Crippen LogP contribution in [0, 0.1) is 13.8 Å². The normalized spacial score (nSPS) is 10.8. The average molecular weight is 279 g/mol. The number of hydrogen-bond acceptors (Lipinski definition) is 5. The highest BCUT2D eigenvalue weighted by atomic mass is 32.1. The van der Waals surface area contributed by atoms with E-state index in [9.17, 15) is 4.79 Å². The lowest BCUT2D eigenvalue weighted by molar-refractivity contribution is -0.137. The van der Waals surface area contributed by atoms with Gasteiger partial charge in [-0.05, 0) is 32.3 Å². The number of unbranched alkanes of at least 4 members (excludes halogenated alkanes) is 1. The highest BCUT2D eigenvalue weighted by molar-refractivity contribution is 7.18. The first-order valence-corrected chi connectivity index (χ1v) is 7.07. The molecule has 2 aromatic rings. The smallest absolute Gasteiger partial charge is 0.303 e. The number of carboxylic acids is 1. The van der Waals surface area contributed by atoms with Crippen LogP contribution in [0.4, 0.5) is 5.82 Å². The molecule has 0 atom stereocenters. The molecule has 2 aromatic heterocycles. The number of aliphatic carboxylic acids is 1. The number of aryl methyl sites for hydroxylation is 2. The molecule has 6 heteroatoms. The number of nitrogens with zero attached hydrogens (tertiary/aromatic N) is 2. The van der Waals surface area contributed by atoms with Gasteiger partial charge in [-0.15, -0.1) is 11.3 Å². The van der Waals surface area contributed by atoms with E-state index in [0.717, 1.165) is 29.0 Å². The van der Waals surface area contributed by atoms with Gasteiger partial charge in [-0.25, -0.2) is 9.97 Å². The van der Waals surface area contributed by atoms with Crippen molar-refractivity contribution >= 4 is 33.3 Å². The maximum atomic E-state index is 10.4. The molecule has 0 fully saturated rings. The van der Waals surface area contributed by atoms with Gasteiger partial charge in [0.05, 0.1) is 5.39 Å². The zero-order valence-corrected chi connectivity index (χ0v) is 11.9. The molecule has 0 aliphatic heterocycles. The molecule has 0 aliphatic rings. The highest BCUT2D eigenvalue weighted by Crippen LogP contribution is 2.32. The van der Waals surface area contributed by atoms with Crippen molar-refractivity contribution in [2.45, 2.75) is 33.1 Å². The maximum absolute atomic E-state index is 10.4. The van der Waals surface area contributed by atoms with Crippen LogP contribution in [-0.4, -0.2) is 27.6 Å². The standard InChI is InChI=1S/C13H17N3O2S/c1-8-9(2)19-13-11(8)12(15-7-16-13)14-6-4-3-5-10(17)18/h7H,3-6H2,1-2H3,(H,17,18)(H,14,15,16). The Morgan fingerprint density at radius 1 is 1.37 bits per heavy atom. The van der Waals surface area contributed by atoms with Crippen molar-refractivity contribution in [3.63, 3.8) is 0 Å². The van der Waals surface area contributed by atoms with E-state index < -0.39 is 5.97 Å². The van der Waals surface area contributed by atoms with E-state index >= 15 is 0 Å². The molecule has 0 saturated carbocycles. The van der Waals surface area contributed by atoms with Crippen LogP contribution >= 0.6 is 11.3 Å². The minimum absolute atomic E-state index is 0.220. The van der Waals surface area contributed by atoms with Crippen LogP contribution in [0.15, 0.2) is 6.33 Å². The van der Waals surface area contributed by atoms with E-state index in [1.807, 2.05) is 0 Å². The Morgan fingerprint density at radius 2 is 2.16 bits per heavy atom. The van der Waals surface area contributed by atoms with Crippen molar-refractivity contribution in [2.75, 3.05) is 11.9 Å². The van der Waals surface area contributed by atoms with Gasteiger partial charge in [0.1, 0.15) is 17.0 Å². The number of carbonyl (C=O) groups is 1. The average Bonchev–Trinajstić information content (AvgIpc) is 2.65. The minimum atomic E-state index is -0.742. The Kier molecular flexibility index (Phi) is 4.31. The highest BCUT2D eigenvalue weighted by Gasteiger charge is 2.11. The maximum Gasteiger partial charge on any atom is 0.303 e. The number of thiophene rings is 1. The van der Waals surface area contributed by atoms with Crippen LogP contribution in [0.3, 0.4) is 0 Å². The number of fused-ring (bicyclic) bond motifs is 1. The first-order valence-electron chi connectivity index (χ1n) is 6.26. The Balaban J connectivity index is 2.02. The van der Waals surface area contributed by atoms with E-state index in [-0.39, 0.29) is 6.42 Å². The molecule has 0 bridgehead atoms. The summed E-state index contributed by atoms with van der Waals surface area (Å²) in [4.78, 5) is 21.2. The molecule has 0 aromatic carbocycles. The van der Waals surface area contributed by atoms with Gasteiger partial charge < -0.3 is 10.4 Å². The van der Waals surface area contributed by atoms with Gasteiger partial charge in [0, 0.05) is 17.8 Å². The third kappa shape index (κ3) is 3.20. The topological polar surface area (TPSA) is 75.1 Å². The molecule has 0 spiro atoms. The second kappa shape index (κ2) is 5.97. The van der Waals surface area contributed by atoms with Crippen molar-refractivity contribution in [3.8, 4) is 0 Å². The monoisotopic (exact) mass is 279 g/mol. The summed E-state index contributed by atoms with van der Waals surface area (Å²) in [5, 5.41) is 12.9. The van der Waals surface area contributed by atoms with Crippen molar-refractivity contribution < 1.29 is 9.90 Å². The lowest BCUT2D eigenvalue weighted by Crippen LogP contribution is -2.05. The van der Waals surface area contributed by atoms with E-state index in [1.54, 1.807) is 17.7 Å². The summed E-state index contributed by atoms with van der Waals surface area (Å²) in [7, 11) is 0. The summed E-state index contributed by atoms with van der Waals surface area (Å²) >= 11 is 1.67. The molecule has 0 radical (unpaired) electrons. The molecule has 0 unspecified atom stereocenters. The molecule has 0 saturated heterocycles. The first-order chi connectivity index (χ1) is 9.09. The van der Waals surface area contributed by atoms with Crippen LogP contribution < -0.4 is 5.32 Å². The third-order valence-electron chi connectivity index (χ3n) is 3.08. The van der Waals surface area contributed by atoms with Crippen molar-refractivity contribution in [2.24, 2.45) is 0 Å². The van der Waals surface area contributed by atoms with Crippen molar-refractivity contribution in [1.29, 1.82) is 0 Å². The number of nitrogens with one attached hydrogen (secondary N) is 1. The first kappa shape index (κ1) is 13.7. The fraction of sp³-hybridized carbons (Fsp3) is 0.462. The van der Waals surface area contributed by atoms with Gasteiger partial charge in [-0.3, -0.25) is 4.79 Å². The fourth-order valence-electron chi connectivity index (χ4n) is 1.92. The number of aromatic nitrogens is 2. The zero-order valence-electron chi connectivity index (χ0n) is 11.1. The summed E-state index contributed by atoms with van der Waals surface area (Å²) in [5.41, 5.74) is 1.22. The summed E-state index contributed by atoms with van der Waals surface area (Å²) < 4.78 is 0. The molecule has 19 heavy (non-hydrogen) atoms. The second-order valence-electron chi connectivity index (χ2n) is 4.46. The predicted molar refractivity (Wildman–Crippen MR) is 76.9 cm³/mol. The molecular formula is C13H17N3O2S. The molecule has 102 valence electrons. The molecule has 0 amide bonds. The summed E-state index contributed by atoms with van der Waals surface area (Å²) in [6, 6.07) is 0. The molecule has 5 nitrogen and oxygen atoms in total. The fourth-order valence-corrected chi connectivity index (χ4v) is 2.92. The summed E-state index contributed by atoms with van der Waals surface area (Å²) in [5.74, 6) is 0.107. The van der Waals surface area contributed by atoms with Crippen LogP contribution in [0.5, 0.6) is 0 Å². The van der Waals surface area contributed by atoms with Crippen molar-refractivity contribution in [1.82, 2.24) is 9.97 Å². The van der Waals surface area contributed by atoms with Gasteiger partial charge in [-0.2, -0.15) is 0 Å². The van der Waals surface area contributed by atoms with Gasteiger partial charge >= 0.3 is 5.97 Å². The molecular weight excluding hydrogens is 262 g/mol. The largest absolute Gasteiger partial charge is 0.481 e. The van der Waals surface area contributed by atoms with E-state index in [2.05, 4.69) is 29.1 Å². The van der Waals surface area contributed by atoms with Gasteiger partial charge in [0.25, 0.3) is 0 Å². The van der Waals surface area contributed by atoms with Gasteiger partial charge in [0.2, 0.25) is 0 Å². The van der Waals surface area contributed by atoms with E-state index in [0.29, 0.717) is 6.42 Å². The SMILES string of the molecule is Cc1sc2ncnc(NCCCCC(=O)O)c2c1C. The lowest BCUT2D eigenvalue weighted by Gasteiger charge is -2.06. The van der Waals surface area contributed by atoms with E-state index in [1.165, 1.54) is 10.4 Å². The molecule has 2 rings (SSSR count). The molecule has 0 aliphatic carbocycles. The molecule has 2 heterocycles. The lowest BCUT2D eigenvalue weighted by atomic mass is 10.2. The number of carboxylic acid groups (broad SMARTS) is 1. The predicted octanol–water partition coefficient (Wildman–Crippen LogP) is 2.97. The minimum Gasteiger partial charge on any atom is -0.481 e. The number of hydrogen-bond donors (Lipinski definition) is 2. The number of anilines is 1. The Bertz CT molecular complexity index is 595. The molecule has 2 N–H and O–H groups in total. The third-order valence-corrected chi connectivity index (χ3v) is 4.19. The quantitative estimate of drug-likeness (QED) is 0.795. The van der Waals surface area contributed by atoms with Crippen LogP contribution in [0.25, 0.3) is 10.2 Å². The Hall–Kier alpha value is -1.69. The van der Waals surface area contributed by atoms with Gasteiger partial charge in [0.15, 0.2) is 0 Å². The zero-order chi connectivity index (χ0) is 13.8. The second-order valence-corrected chi connectivity index (χ2v) is 5.67. The van der Waals surface area contributed by atoms with Crippen LogP contribution in [0.2, 0.25) is 0 Å². The van der Waals surface area contributed by atoms with Gasteiger partial charge in [-0.1, -0.05) is 0 Å². The Labute approximate surface area is 115 Å². The summed E-state index contributed by atoms with van der Waals surface area (Å²) in [6.07, 6.45) is 3.28. The van der Waals surface area contributed by atoms with Crippen LogP contribution in [-0.2, 0) is 4.79 Å². The Morgan fingerprint density at radius 3 is 2.89 bits per heavy atom. The van der Waals surface area contributed by atoms with Crippen LogP contribution in [0.1, 0.15) is 29.7 Å². The van der Waals surface area contributed by atoms with E-state index in [4.69, 9.17) is 5.11 Å². The van der Waals surface area contributed by atoms with Crippen molar-refractivity contribution in [3.05, 3.63) is 16.8 Å².